The number of likely N-dealkylation sites (tertiary alicyclic amines) is 1. The van der Waals surface area contributed by atoms with Crippen molar-refractivity contribution in [3.63, 3.8) is 0 Å². The Labute approximate surface area is 101 Å². The van der Waals surface area contributed by atoms with Gasteiger partial charge in [0.2, 0.25) is 0 Å². The quantitative estimate of drug-likeness (QED) is 0.355. The lowest BCUT2D eigenvalue weighted by Crippen LogP contribution is -2.38. The molecule has 1 aliphatic rings. The first-order valence-corrected chi connectivity index (χ1v) is 5.88. The molecule has 0 atom stereocenters. The van der Waals surface area contributed by atoms with Crippen molar-refractivity contribution in [2.45, 2.75) is 19.4 Å². The number of nitrogens with zero attached hydrogens (tertiary/aromatic N) is 3. The van der Waals surface area contributed by atoms with Crippen molar-refractivity contribution in [2.24, 2.45) is 16.8 Å². The number of aromatic nitrogens is 1. The number of nitrogens with two attached hydrogens (primary N) is 1. The first-order chi connectivity index (χ1) is 8.29. The van der Waals surface area contributed by atoms with Gasteiger partial charge < -0.3 is 10.9 Å². The summed E-state index contributed by atoms with van der Waals surface area (Å²) < 4.78 is 0. The van der Waals surface area contributed by atoms with Gasteiger partial charge in [0.25, 0.3) is 0 Å². The Morgan fingerprint density at radius 3 is 2.88 bits per heavy atom. The third kappa shape index (κ3) is 3.17. The Morgan fingerprint density at radius 1 is 1.53 bits per heavy atom. The molecule has 0 unspecified atom stereocenters. The average molecular weight is 234 g/mol. The number of hydrogen-bond donors (Lipinski definition) is 2. The van der Waals surface area contributed by atoms with Crippen molar-refractivity contribution in [1.29, 1.82) is 0 Å². The molecular weight excluding hydrogens is 216 g/mol. The van der Waals surface area contributed by atoms with Crippen LogP contribution in [0.1, 0.15) is 18.4 Å². The van der Waals surface area contributed by atoms with E-state index in [1.54, 1.807) is 6.20 Å². The molecule has 1 saturated heterocycles. The Bertz CT molecular complexity index is 371. The Kier molecular flexibility index (Phi) is 3.93. The van der Waals surface area contributed by atoms with E-state index in [1.165, 1.54) is 5.56 Å². The predicted octanol–water partition coefficient (Wildman–Crippen LogP) is 1.04. The predicted molar refractivity (Wildman–Crippen MR) is 65.6 cm³/mol. The fourth-order valence-corrected chi connectivity index (χ4v) is 2.22. The van der Waals surface area contributed by atoms with E-state index in [1.807, 2.05) is 12.3 Å². The lowest BCUT2D eigenvalue weighted by Gasteiger charge is -2.31. The molecule has 2 heterocycles. The number of hydrogen-bond acceptors (Lipinski definition) is 4. The number of pyridine rings is 1. The molecule has 0 bridgehead atoms. The first kappa shape index (κ1) is 11.9. The molecule has 1 aromatic heterocycles. The zero-order valence-electron chi connectivity index (χ0n) is 9.79. The van der Waals surface area contributed by atoms with Gasteiger partial charge in [0.1, 0.15) is 5.84 Å². The van der Waals surface area contributed by atoms with E-state index in [-0.39, 0.29) is 5.92 Å². The summed E-state index contributed by atoms with van der Waals surface area (Å²) in [6, 6.07) is 4.04. The minimum Gasteiger partial charge on any atom is -0.409 e. The maximum atomic E-state index is 8.63. The SMILES string of the molecule is NC(=NO)C1CCN(Cc2cccnc2)CC1. The minimum atomic E-state index is 0.227. The van der Waals surface area contributed by atoms with Crippen LogP contribution in [-0.2, 0) is 6.54 Å². The zero-order valence-corrected chi connectivity index (χ0v) is 9.79. The summed E-state index contributed by atoms with van der Waals surface area (Å²) in [5, 5.41) is 11.7. The highest BCUT2D eigenvalue weighted by Crippen LogP contribution is 2.18. The molecule has 0 radical (unpaired) electrons. The van der Waals surface area contributed by atoms with Gasteiger partial charge in [-0.1, -0.05) is 11.2 Å². The fourth-order valence-electron chi connectivity index (χ4n) is 2.22. The topological polar surface area (TPSA) is 74.7 Å². The van der Waals surface area contributed by atoms with E-state index >= 15 is 0 Å². The van der Waals surface area contributed by atoms with Gasteiger partial charge in [0.15, 0.2) is 0 Å². The van der Waals surface area contributed by atoms with Crippen molar-refractivity contribution in [2.75, 3.05) is 13.1 Å². The minimum absolute atomic E-state index is 0.227. The first-order valence-electron chi connectivity index (χ1n) is 5.88. The van der Waals surface area contributed by atoms with Crippen LogP contribution in [0.25, 0.3) is 0 Å². The number of oxime groups is 1. The molecule has 17 heavy (non-hydrogen) atoms. The summed E-state index contributed by atoms with van der Waals surface area (Å²) in [7, 11) is 0. The molecule has 5 heteroatoms. The van der Waals surface area contributed by atoms with Crippen molar-refractivity contribution in [1.82, 2.24) is 9.88 Å². The van der Waals surface area contributed by atoms with E-state index in [0.717, 1.165) is 32.5 Å². The second-order valence-corrected chi connectivity index (χ2v) is 4.44. The monoisotopic (exact) mass is 234 g/mol. The maximum Gasteiger partial charge on any atom is 0.142 e. The zero-order chi connectivity index (χ0) is 12.1. The summed E-state index contributed by atoms with van der Waals surface area (Å²) in [4.78, 5) is 6.48. The van der Waals surface area contributed by atoms with E-state index < -0.39 is 0 Å². The van der Waals surface area contributed by atoms with E-state index in [2.05, 4.69) is 21.1 Å². The summed E-state index contributed by atoms with van der Waals surface area (Å²) >= 11 is 0. The molecular formula is C12H18N4O. The van der Waals surface area contributed by atoms with Gasteiger partial charge in [0, 0.05) is 24.9 Å². The van der Waals surface area contributed by atoms with Gasteiger partial charge in [-0.25, -0.2) is 0 Å². The second kappa shape index (κ2) is 5.63. The third-order valence-corrected chi connectivity index (χ3v) is 3.25. The normalized spacial score (nSPS) is 19.4. The Morgan fingerprint density at radius 2 is 2.29 bits per heavy atom. The molecule has 3 N–H and O–H groups in total. The Hall–Kier alpha value is -1.62. The largest absolute Gasteiger partial charge is 0.409 e. The highest BCUT2D eigenvalue weighted by molar-refractivity contribution is 5.82. The van der Waals surface area contributed by atoms with Crippen LogP contribution >= 0.6 is 0 Å². The van der Waals surface area contributed by atoms with Gasteiger partial charge in [-0.2, -0.15) is 0 Å². The van der Waals surface area contributed by atoms with Crippen LogP contribution in [0.3, 0.4) is 0 Å². The molecule has 92 valence electrons. The van der Waals surface area contributed by atoms with Crippen molar-refractivity contribution >= 4 is 5.84 Å². The van der Waals surface area contributed by atoms with Crippen LogP contribution in [-0.4, -0.2) is 34.0 Å². The number of rotatable bonds is 3. The molecule has 1 aromatic rings. The summed E-state index contributed by atoms with van der Waals surface area (Å²) in [5.74, 6) is 0.594. The molecule has 0 saturated carbocycles. The molecule has 1 aliphatic heterocycles. The van der Waals surface area contributed by atoms with Crippen LogP contribution in [0.2, 0.25) is 0 Å². The van der Waals surface area contributed by atoms with E-state index in [0.29, 0.717) is 5.84 Å². The molecule has 0 amide bonds. The summed E-state index contributed by atoms with van der Waals surface area (Å²) in [6.45, 7) is 2.89. The van der Waals surface area contributed by atoms with E-state index in [4.69, 9.17) is 10.9 Å². The fraction of sp³-hybridized carbons (Fsp3) is 0.500. The van der Waals surface area contributed by atoms with Gasteiger partial charge >= 0.3 is 0 Å². The van der Waals surface area contributed by atoms with Crippen LogP contribution in [0.5, 0.6) is 0 Å². The molecule has 5 nitrogen and oxygen atoms in total. The molecule has 0 spiro atoms. The number of amidine groups is 1. The summed E-state index contributed by atoms with van der Waals surface area (Å²) in [6.07, 6.45) is 5.59. The van der Waals surface area contributed by atoms with Crippen LogP contribution < -0.4 is 5.73 Å². The summed E-state index contributed by atoms with van der Waals surface area (Å²) in [5.41, 5.74) is 6.85. The lowest BCUT2D eigenvalue weighted by atomic mass is 9.95. The van der Waals surface area contributed by atoms with Crippen LogP contribution in [0.15, 0.2) is 29.7 Å². The second-order valence-electron chi connectivity index (χ2n) is 4.44. The van der Waals surface area contributed by atoms with Gasteiger partial charge in [-0.15, -0.1) is 0 Å². The van der Waals surface area contributed by atoms with E-state index in [9.17, 15) is 0 Å². The average Bonchev–Trinajstić information content (AvgIpc) is 2.40. The smallest absolute Gasteiger partial charge is 0.142 e. The van der Waals surface area contributed by atoms with Gasteiger partial charge in [-0.05, 0) is 37.6 Å². The standard InChI is InChI=1S/C12H18N4O/c13-12(15-17)11-3-6-16(7-4-11)9-10-2-1-5-14-8-10/h1-2,5,8,11,17H,3-4,6-7,9H2,(H2,13,15). The lowest BCUT2D eigenvalue weighted by molar-refractivity contribution is 0.198. The van der Waals surface area contributed by atoms with Crippen molar-refractivity contribution in [3.05, 3.63) is 30.1 Å². The third-order valence-electron chi connectivity index (χ3n) is 3.25. The van der Waals surface area contributed by atoms with Crippen LogP contribution in [0.4, 0.5) is 0 Å². The van der Waals surface area contributed by atoms with Gasteiger partial charge in [-0.3, -0.25) is 9.88 Å². The highest BCUT2D eigenvalue weighted by Gasteiger charge is 2.22. The highest BCUT2D eigenvalue weighted by atomic mass is 16.4. The van der Waals surface area contributed by atoms with Crippen molar-refractivity contribution < 1.29 is 5.21 Å². The maximum absolute atomic E-state index is 8.63. The van der Waals surface area contributed by atoms with Crippen molar-refractivity contribution in [3.8, 4) is 0 Å². The van der Waals surface area contributed by atoms with Gasteiger partial charge in [0.05, 0.1) is 0 Å². The molecule has 0 aliphatic carbocycles. The molecule has 2 rings (SSSR count). The molecule has 1 fully saturated rings. The Balaban J connectivity index is 1.84. The molecule has 0 aromatic carbocycles. The number of piperidine rings is 1. The van der Waals surface area contributed by atoms with Crippen LogP contribution in [0, 0.1) is 5.92 Å².